The van der Waals surface area contributed by atoms with Crippen molar-refractivity contribution in [1.82, 2.24) is 46.2 Å². The number of ketones is 4. The van der Waals surface area contributed by atoms with Gasteiger partial charge in [0.15, 0.2) is 17.3 Å². The molecule has 0 fully saturated rings. The van der Waals surface area contributed by atoms with Crippen molar-refractivity contribution in [3.05, 3.63) is 150 Å². The van der Waals surface area contributed by atoms with Gasteiger partial charge in [0.1, 0.15) is 29.3 Å². The lowest BCUT2D eigenvalue weighted by molar-refractivity contribution is -0.137. The number of carbonyl (C=O) groups is 10. The summed E-state index contributed by atoms with van der Waals surface area (Å²) in [6, 6.07) is 24.8. The van der Waals surface area contributed by atoms with Crippen molar-refractivity contribution in [2.45, 2.75) is 155 Å². The van der Waals surface area contributed by atoms with E-state index in [1.807, 2.05) is 63.2 Å². The molecule has 14 N–H and O–H groups in total. The second-order valence-electron chi connectivity index (χ2n) is 25.2. The highest BCUT2D eigenvalue weighted by atomic mass is 16.3. The number of primary amides is 2. The molecule has 0 spiro atoms. The number of aliphatic hydroxyl groups excluding tert-OH is 1. The summed E-state index contributed by atoms with van der Waals surface area (Å²) in [5.41, 5.74) is 22.2. The lowest BCUT2D eigenvalue weighted by atomic mass is 9.88. The first-order chi connectivity index (χ1) is 45.8. The number of fused-ring (bicyclic) bond motifs is 2. The van der Waals surface area contributed by atoms with Gasteiger partial charge in [0, 0.05) is 103 Å². The summed E-state index contributed by atoms with van der Waals surface area (Å²) < 4.78 is 1.35. The van der Waals surface area contributed by atoms with Crippen molar-refractivity contribution < 1.29 is 58.2 Å². The number of phenols is 1. The maximum atomic E-state index is 14.7. The molecule has 0 aliphatic rings. The maximum Gasteiger partial charge on any atom is 0.245 e. The molecule has 25 nitrogen and oxygen atoms in total. The number of carbonyl (C=O) groups excluding carboxylic acids is 10. The smallest absolute Gasteiger partial charge is 0.245 e. The third kappa shape index (κ3) is 21.7. The van der Waals surface area contributed by atoms with E-state index in [-0.39, 0.29) is 81.1 Å². The third-order valence-corrected chi connectivity index (χ3v) is 17.0. The van der Waals surface area contributed by atoms with E-state index in [2.05, 4.69) is 46.5 Å². The first kappa shape index (κ1) is 73.2. The van der Waals surface area contributed by atoms with Crippen LogP contribution in [0.5, 0.6) is 5.75 Å². The number of rotatable bonds is 40. The number of aromatic amines is 2. The van der Waals surface area contributed by atoms with Crippen molar-refractivity contribution in [3.8, 4) is 5.75 Å². The number of nitrogens with two attached hydrogens (primary N) is 3. The number of hydrogen-bond donors (Lipinski definition) is 11. The van der Waals surface area contributed by atoms with Crippen molar-refractivity contribution in [3.63, 3.8) is 0 Å². The molecule has 3 aromatic heterocycles. The minimum Gasteiger partial charge on any atom is -0.508 e. The summed E-state index contributed by atoms with van der Waals surface area (Å²) >= 11 is 0. The lowest BCUT2D eigenvalue weighted by Gasteiger charge is -2.26. The number of phenolic OH excluding ortho intramolecular Hbond substituents is 1. The van der Waals surface area contributed by atoms with Gasteiger partial charge in [-0.15, -0.1) is 5.10 Å². The standard InChI is InChI=1S/C71H89N13O12/c1-6-64(72)75-26-14-21-58(61(88)33-46(67(74)92)31-50-37-76-56-19-12-10-17-54(50)56)79-71(96)60(27-41(2)3)84-40-52(82-83-84)39-78-68(93)48(29-44-15-8-7-9-16-44)35-63(90)66(43(5)86)81-70(95)49(36-65(73)91)34-62(89)59(32-51-38-77-57-20-13-11-18-55(51)57)80-69(94)47(28-42(4)85)30-45-22-24-53(87)25-23-45/h7-13,15-20,22-25,37-38,40-41,43,46-49,58-60,66,76-77,86-87H,6,14,21,26-36,39H2,1-5H3,(H2,72,75)(H2,73,91)(H2,74,92)(H,78,93)(H,79,96)(H,80,94)(H,81,95)/t43-,46-,47-,48-,49+,58+,59-,60+,66+/m1/s1. The topological polar surface area (TPSA) is 412 Å². The number of aromatic hydroxyl groups is 1. The molecule has 6 amide bonds. The van der Waals surface area contributed by atoms with Crippen molar-refractivity contribution >= 4 is 86.2 Å². The van der Waals surface area contributed by atoms with Gasteiger partial charge >= 0.3 is 0 Å². The maximum absolute atomic E-state index is 14.7. The van der Waals surface area contributed by atoms with Crippen LogP contribution in [0, 0.1) is 29.6 Å². The Morgan fingerprint density at radius 2 is 1.16 bits per heavy atom. The number of amidine groups is 1. The summed E-state index contributed by atoms with van der Waals surface area (Å²) in [6.07, 6.45) is 2.66. The molecule has 9 atom stereocenters. The zero-order valence-electron chi connectivity index (χ0n) is 54.9. The summed E-state index contributed by atoms with van der Waals surface area (Å²) in [6.45, 7) is 8.35. The lowest BCUT2D eigenvalue weighted by Crippen LogP contribution is -2.52. The number of hydrogen-bond acceptors (Lipinski definition) is 15. The zero-order chi connectivity index (χ0) is 69.6. The number of benzene rings is 4. The summed E-state index contributed by atoms with van der Waals surface area (Å²) in [5.74, 6) is -10.6. The molecule has 0 aliphatic carbocycles. The summed E-state index contributed by atoms with van der Waals surface area (Å²) in [7, 11) is 0. The molecular weight excluding hydrogens is 1230 g/mol. The number of nitrogens with zero attached hydrogens (tertiary/aromatic N) is 4. The van der Waals surface area contributed by atoms with Gasteiger partial charge in [-0.2, -0.15) is 0 Å². The van der Waals surface area contributed by atoms with E-state index in [4.69, 9.17) is 17.2 Å². The predicted molar refractivity (Wildman–Crippen MR) is 361 cm³/mol. The van der Waals surface area contributed by atoms with E-state index >= 15 is 0 Å². The second-order valence-corrected chi connectivity index (χ2v) is 25.2. The Morgan fingerprint density at radius 1 is 0.604 bits per heavy atom. The fourth-order valence-corrected chi connectivity index (χ4v) is 11.8. The van der Waals surface area contributed by atoms with Gasteiger partial charge in [0.25, 0.3) is 0 Å². The quantitative estimate of drug-likeness (QED) is 0.0134. The van der Waals surface area contributed by atoms with Gasteiger partial charge in [0.05, 0.1) is 42.7 Å². The van der Waals surface area contributed by atoms with Gasteiger partial charge < -0.3 is 63.4 Å². The Hall–Kier alpha value is -10.2. The van der Waals surface area contributed by atoms with Crippen LogP contribution in [-0.2, 0) is 80.2 Å². The molecule has 0 unspecified atom stereocenters. The van der Waals surface area contributed by atoms with Gasteiger partial charge in [-0.3, -0.25) is 48.1 Å². The van der Waals surface area contributed by atoms with Gasteiger partial charge in [-0.1, -0.05) is 105 Å². The number of aromatic nitrogens is 5. The molecule has 3 heterocycles. The Kier molecular flexibility index (Phi) is 27.0. The molecule has 0 bridgehead atoms. The van der Waals surface area contributed by atoms with Gasteiger partial charge in [-0.05, 0) is 105 Å². The highest BCUT2D eigenvalue weighted by Crippen LogP contribution is 2.27. The first-order valence-electron chi connectivity index (χ1n) is 32.5. The molecule has 4 aromatic carbocycles. The molecule has 96 heavy (non-hydrogen) atoms. The number of H-pyrrole nitrogens is 2. The highest BCUT2D eigenvalue weighted by Gasteiger charge is 2.37. The fraction of sp³-hybridized carbons (Fsp3) is 0.423. The summed E-state index contributed by atoms with van der Waals surface area (Å²) in [4.78, 5) is 150. The number of para-hydroxylation sites is 2. The summed E-state index contributed by atoms with van der Waals surface area (Å²) in [5, 5.41) is 42.4. The van der Waals surface area contributed by atoms with E-state index in [1.165, 1.54) is 36.9 Å². The Labute approximate surface area is 557 Å². The van der Waals surface area contributed by atoms with Crippen LogP contribution in [0.4, 0.5) is 0 Å². The van der Waals surface area contributed by atoms with Crippen molar-refractivity contribution in [2.75, 3.05) is 6.54 Å². The fourth-order valence-electron chi connectivity index (χ4n) is 11.8. The van der Waals surface area contributed by atoms with Crippen LogP contribution in [0.1, 0.15) is 126 Å². The average molecular weight is 1320 g/mol. The van der Waals surface area contributed by atoms with Crippen LogP contribution in [0.3, 0.4) is 0 Å². The number of Topliss-reactive ketones (excluding diaryl/α,β-unsaturated/α-hetero) is 4. The first-order valence-corrected chi connectivity index (χ1v) is 32.5. The largest absolute Gasteiger partial charge is 0.508 e. The van der Waals surface area contributed by atoms with E-state index in [1.54, 1.807) is 60.9 Å². The van der Waals surface area contributed by atoms with E-state index in [0.29, 0.717) is 41.9 Å². The third-order valence-electron chi connectivity index (χ3n) is 17.0. The van der Waals surface area contributed by atoms with Crippen LogP contribution in [0.2, 0.25) is 0 Å². The van der Waals surface area contributed by atoms with Gasteiger partial charge in [0.2, 0.25) is 35.4 Å². The molecule has 0 saturated carbocycles. The van der Waals surface area contributed by atoms with Crippen LogP contribution >= 0.6 is 0 Å². The average Bonchev–Trinajstić information content (AvgIpc) is 1.66. The Bertz CT molecular complexity index is 3870. The minimum absolute atomic E-state index is 0.00319. The molecular formula is C71H89N13O12. The number of amides is 6. The van der Waals surface area contributed by atoms with Crippen molar-refractivity contribution in [2.24, 2.45) is 51.8 Å². The molecule has 7 rings (SSSR count). The van der Waals surface area contributed by atoms with Crippen molar-refractivity contribution in [1.29, 1.82) is 0 Å². The second kappa shape index (κ2) is 35.4. The SMILES string of the molecule is CCC(N)=NCCC[C@H](NC(=O)[C@H](CC(C)C)n1cc(CNC(=O)[C@@H](CC(=O)[C@@H](NC(=O)[C@H](CC(N)=O)CC(=O)[C@@H](Cc2c[nH]c3ccccc23)NC(=O)[C@H](CC(C)=O)Cc2ccc(O)cc2)[C@@H](C)O)Cc2ccccc2)nn1)C(=O)C[C@@H](Cc1c[nH]c2ccccc12)C(N)=O. The predicted octanol–water partition coefficient (Wildman–Crippen LogP) is 5.19. The molecule has 7 aromatic rings. The normalized spacial score (nSPS) is 14.5. The zero-order valence-corrected chi connectivity index (χ0v) is 54.9. The van der Waals surface area contributed by atoms with Crippen LogP contribution in [0.25, 0.3) is 21.8 Å². The van der Waals surface area contributed by atoms with E-state index < -0.39 is 126 Å². The van der Waals surface area contributed by atoms with Crippen LogP contribution in [-0.4, -0.2) is 130 Å². The molecule has 0 saturated heterocycles. The molecule has 0 radical (unpaired) electrons. The number of nitrogens with one attached hydrogen (secondary N) is 6. The highest BCUT2D eigenvalue weighted by molar-refractivity contribution is 5.99. The number of aliphatic imine (C=N–C) groups is 1. The van der Waals surface area contributed by atoms with Crippen LogP contribution < -0.4 is 38.5 Å². The Morgan fingerprint density at radius 3 is 1.75 bits per heavy atom. The van der Waals surface area contributed by atoms with Crippen LogP contribution in [0.15, 0.2) is 127 Å². The van der Waals surface area contributed by atoms with Gasteiger partial charge in [-0.25, -0.2) is 4.68 Å². The monoisotopic (exact) mass is 1320 g/mol. The molecule has 25 heteroatoms. The van der Waals surface area contributed by atoms with E-state index in [0.717, 1.165) is 27.4 Å². The Balaban J connectivity index is 1.05. The van der Waals surface area contributed by atoms with E-state index in [9.17, 15) is 58.2 Å². The molecule has 0 aliphatic heterocycles. The minimum atomic E-state index is -1.66. The molecule has 510 valence electrons. The number of aliphatic hydroxyl groups is 1.